The van der Waals surface area contributed by atoms with Crippen LogP contribution in [0.1, 0.15) is 97.2 Å². The van der Waals surface area contributed by atoms with Gasteiger partial charge in [0.15, 0.2) is 0 Å². The third-order valence-electron chi connectivity index (χ3n) is 4.99. The Kier molecular flexibility index (Phi) is 6.59. The van der Waals surface area contributed by atoms with Gasteiger partial charge in [0.2, 0.25) is 0 Å². The average molecular weight is 334 g/mol. The van der Waals surface area contributed by atoms with Gasteiger partial charge in [-0.1, -0.05) is 65.4 Å². The van der Waals surface area contributed by atoms with Gasteiger partial charge in [-0.05, 0) is 38.3 Å². The van der Waals surface area contributed by atoms with Crippen molar-refractivity contribution in [2.24, 2.45) is 0 Å². The molecule has 1 fully saturated rings. The van der Waals surface area contributed by atoms with Crippen LogP contribution < -0.4 is 0 Å². The molecule has 0 saturated heterocycles. The molecule has 0 atom stereocenters. The van der Waals surface area contributed by atoms with Gasteiger partial charge in [-0.25, -0.2) is 0 Å². The van der Waals surface area contributed by atoms with Crippen molar-refractivity contribution in [3.63, 3.8) is 0 Å². The summed E-state index contributed by atoms with van der Waals surface area (Å²) in [4.78, 5) is 4.74. The van der Waals surface area contributed by atoms with Crippen LogP contribution in [0, 0.1) is 0 Å². The van der Waals surface area contributed by atoms with Crippen molar-refractivity contribution in [3.05, 3.63) is 29.6 Å². The fourth-order valence-electron chi connectivity index (χ4n) is 3.39. The maximum Gasteiger partial charge on any atom is 0.0457 e. The van der Waals surface area contributed by atoms with Crippen LogP contribution in [0.15, 0.2) is 18.3 Å². The Labute approximate surface area is 148 Å². The normalized spacial score (nSPS) is 19.0. The summed E-state index contributed by atoms with van der Waals surface area (Å²) in [5.74, 6) is 0. The second-order valence-corrected chi connectivity index (χ2v) is 10.6. The van der Waals surface area contributed by atoms with Crippen molar-refractivity contribution >= 4 is 11.8 Å². The van der Waals surface area contributed by atoms with Gasteiger partial charge < -0.3 is 0 Å². The van der Waals surface area contributed by atoms with E-state index in [2.05, 4.69) is 64.7 Å². The van der Waals surface area contributed by atoms with Gasteiger partial charge in [-0.3, -0.25) is 4.98 Å². The van der Waals surface area contributed by atoms with E-state index in [1.807, 2.05) is 0 Å². The lowest BCUT2D eigenvalue weighted by Gasteiger charge is -2.30. The lowest BCUT2D eigenvalue weighted by molar-refractivity contribution is 0.567. The van der Waals surface area contributed by atoms with Crippen molar-refractivity contribution in [2.75, 3.05) is 0 Å². The zero-order valence-corrected chi connectivity index (χ0v) is 16.6. The van der Waals surface area contributed by atoms with Gasteiger partial charge in [0.25, 0.3) is 0 Å². The number of nitrogens with zero attached hydrogens (tertiary/aromatic N) is 1. The highest BCUT2D eigenvalue weighted by Crippen LogP contribution is 2.42. The lowest BCUT2D eigenvalue weighted by Crippen LogP contribution is -2.20. The molecule has 23 heavy (non-hydrogen) atoms. The summed E-state index contributed by atoms with van der Waals surface area (Å²) in [6, 6.07) is 4.52. The molecule has 1 aliphatic carbocycles. The maximum atomic E-state index is 4.74. The molecule has 1 heterocycles. The minimum atomic E-state index is 0.133. The molecule has 2 heteroatoms. The topological polar surface area (TPSA) is 12.9 Å². The molecule has 1 aromatic rings. The molecule has 0 amide bonds. The van der Waals surface area contributed by atoms with Crippen LogP contribution in [0.3, 0.4) is 0 Å². The molecular weight excluding hydrogens is 298 g/mol. The van der Waals surface area contributed by atoms with E-state index >= 15 is 0 Å². The molecule has 130 valence electrons. The van der Waals surface area contributed by atoms with Crippen LogP contribution in [0.25, 0.3) is 0 Å². The molecule has 0 unspecified atom stereocenters. The summed E-state index contributed by atoms with van der Waals surface area (Å²) < 4.78 is 0.155. The molecule has 1 saturated carbocycles. The number of aromatic nitrogens is 1. The second-order valence-electron chi connectivity index (χ2n) is 8.63. The van der Waals surface area contributed by atoms with E-state index in [0.717, 1.165) is 5.25 Å². The van der Waals surface area contributed by atoms with Crippen molar-refractivity contribution in [1.29, 1.82) is 0 Å². The minimum absolute atomic E-state index is 0.133. The van der Waals surface area contributed by atoms with Crippen LogP contribution in [0.5, 0.6) is 0 Å². The van der Waals surface area contributed by atoms with E-state index in [4.69, 9.17) is 4.98 Å². The highest BCUT2D eigenvalue weighted by atomic mass is 32.2. The first-order chi connectivity index (χ1) is 10.8. The summed E-state index contributed by atoms with van der Waals surface area (Å²) in [6.45, 7) is 11.4. The van der Waals surface area contributed by atoms with Crippen molar-refractivity contribution in [1.82, 2.24) is 4.98 Å². The quantitative estimate of drug-likeness (QED) is 0.600. The fourth-order valence-corrected chi connectivity index (χ4v) is 5.05. The second kappa shape index (κ2) is 8.05. The molecule has 0 N–H and O–H groups in total. The number of hydrogen-bond donors (Lipinski definition) is 0. The van der Waals surface area contributed by atoms with Crippen LogP contribution >= 0.6 is 11.8 Å². The Bertz CT molecular complexity index is 460. The predicted octanol–water partition coefficient (Wildman–Crippen LogP) is 6.85. The summed E-state index contributed by atoms with van der Waals surface area (Å²) in [7, 11) is 0. The summed E-state index contributed by atoms with van der Waals surface area (Å²) in [5.41, 5.74) is 2.69. The molecule has 0 radical (unpaired) electrons. The Balaban J connectivity index is 2.04. The molecular formula is C21H35NS. The van der Waals surface area contributed by atoms with Crippen LogP contribution in [0.2, 0.25) is 0 Å². The van der Waals surface area contributed by atoms with Crippen LogP contribution in [0.4, 0.5) is 0 Å². The molecule has 1 aliphatic rings. The van der Waals surface area contributed by atoms with Crippen molar-refractivity contribution < 1.29 is 0 Å². The van der Waals surface area contributed by atoms with E-state index in [0.29, 0.717) is 0 Å². The summed E-state index contributed by atoms with van der Waals surface area (Å²) >= 11 is 2.18. The standard InChI is InChI=1S/C21H35NS/c1-20(2,3)19-15-14-17(16-22-19)21(4,5)23-18-12-10-8-6-7-9-11-13-18/h14-16,18H,6-13H2,1-5H3. The summed E-state index contributed by atoms with van der Waals surface area (Å²) in [6.07, 6.45) is 13.5. The Morgan fingerprint density at radius 1 is 0.870 bits per heavy atom. The van der Waals surface area contributed by atoms with E-state index in [1.54, 1.807) is 0 Å². The van der Waals surface area contributed by atoms with Gasteiger partial charge in [0.1, 0.15) is 0 Å². The molecule has 2 rings (SSSR count). The third-order valence-corrected chi connectivity index (χ3v) is 6.62. The Morgan fingerprint density at radius 3 is 1.91 bits per heavy atom. The monoisotopic (exact) mass is 333 g/mol. The lowest BCUT2D eigenvalue weighted by atomic mass is 9.91. The zero-order valence-electron chi connectivity index (χ0n) is 15.8. The van der Waals surface area contributed by atoms with Gasteiger partial charge in [0, 0.05) is 27.3 Å². The third kappa shape index (κ3) is 5.81. The highest BCUT2D eigenvalue weighted by Gasteiger charge is 2.27. The van der Waals surface area contributed by atoms with Crippen LogP contribution in [-0.2, 0) is 10.2 Å². The largest absolute Gasteiger partial charge is 0.260 e. The molecule has 0 aromatic carbocycles. The highest BCUT2D eigenvalue weighted by molar-refractivity contribution is 8.00. The Morgan fingerprint density at radius 2 is 1.43 bits per heavy atom. The van der Waals surface area contributed by atoms with Crippen molar-refractivity contribution in [3.8, 4) is 0 Å². The molecule has 0 spiro atoms. The average Bonchev–Trinajstić information content (AvgIpc) is 2.60. The van der Waals surface area contributed by atoms with E-state index in [9.17, 15) is 0 Å². The summed E-state index contributed by atoms with van der Waals surface area (Å²) in [5, 5.41) is 0.811. The van der Waals surface area contributed by atoms with Gasteiger partial charge in [-0.2, -0.15) is 0 Å². The fraction of sp³-hybridized carbons (Fsp3) is 0.762. The Hall–Kier alpha value is -0.500. The van der Waals surface area contributed by atoms with Gasteiger partial charge >= 0.3 is 0 Å². The smallest absolute Gasteiger partial charge is 0.0457 e. The number of pyridine rings is 1. The molecule has 1 aromatic heterocycles. The van der Waals surface area contributed by atoms with Crippen molar-refractivity contribution in [2.45, 2.75) is 101 Å². The number of hydrogen-bond acceptors (Lipinski definition) is 2. The van der Waals surface area contributed by atoms with Gasteiger partial charge in [-0.15, -0.1) is 11.8 Å². The van der Waals surface area contributed by atoms with Gasteiger partial charge in [0.05, 0.1) is 0 Å². The van der Waals surface area contributed by atoms with E-state index in [1.165, 1.54) is 62.6 Å². The van der Waals surface area contributed by atoms with E-state index in [-0.39, 0.29) is 10.2 Å². The number of rotatable bonds is 3. The maximum absolute atomic E-state index is 4.74. The molecule has 1 nitrogen and oxygen atoms in total. The number of thioether (sulfide) groups is 1. The SMILES string of the molecule is CC(C)(C)c1ccc(C(C)(C)SC2CCCCCCCC2)cn1. The molecule has 0 bridgehead atoms. The first-order valence-corrected chi connectivity index (χ1v) is 10.3. The minimum Gasteiger partial charge on any atom is -0.260 e. The van der Waals surface area contributed by atoms with Crippen LogP contribution in [-0.4, -0.2) is 10.2 Å². The predicted molar refractivity (Wildman–Crippen MR) is 104 cm³/mol. The zero-order chi connectivity index (χ0) is 16.9. The first kappa shape index (κ1) is 18.8. The molecule has 0 aliphatic heterocycles. The first-order valence-electron chi connectivity index (χ1n) is 9.44. The van der Waals surface area contributed by atoms with E-state index < -0.39 is 0 Å².